The number of hydrogen-bond acceptors (Lipinski definition) is 5. The molecule has 0 aliphatic rings. The van der Waals surface area contributed by atoms with Crippen LogP contribution >= 0.6 is 0 Å². The fourth-order valence-corrected chi connectivity index (χ4v) is 1.30. The molecule has 1 heterocycles. The highest BCUT2D eigenvalue weighted by Gasteiger charge is 2.08. The van der Waals surface area contributed by atoms with Gasteiger partial charge in [-0.2, -0.15) is 4.98 Å². The van der Waals surface area contributed by atoms with Gasteiger partial charge in [0.25, 0.3) is 0 Å². The quantitative estimate of drug-likeness (QED) is 0.873. The van der Waals surface area contributed by atoms with Gasteiger partial charge in [-0.3, -0.25) is 0 Å². The first kappa shape index (κ1) is 11.5. The third-order valence-electron chi connectivity index (χ3n) is 2.13. The topological polar surface area (TPSA) is 74.2 Å². The summed E-state index contributed by atoms with van der Waals surface area (Å²) in [4.78, 5) is 3.95. The molecule has 6 heteroatoms. The maximum absolute atomic E-state index is 13.3. The van der Waals surface area contributed by atoms with Crippen molar-refractivity contribution >= 4 is 0 Å². The van der Waals surface area contributed by atoms with Crippen molar-refractivity contribution in [2.75, 3.05) is 0 Å². The Morgan fingerprint density at radius 3 is 3.00 bits per heavy atom. The molecular formula is C11H12FN3O2. The van der Waals surface area contributed by atoms with Crippen LogP contribution in [0.15, 0.2) is 22.7 Å². The van der Waals surface area contributed by atoms with Crippen molar-refractivity contribution in [3.8, 4) is 5.75 Å². The minimum atomic E-state index is -0.418. The van der Waals surface area contributed by atoms with E-state index in [0.29, 0.717) is 11.7 Å². The second-order valence-electron chi connectivity index (χ2n) is 3.53. The van der Waals surface area contributed by atoms with Crippen LogP contribution in [0.4, 0.5) is 4.39 Å². The van der Waals surface area contributed by atoms with Gasteiger partial charge in [0.1, 0.15) is 0 Å². The first-order chi connectivity index (χ1) is 8.19. The first-order valence-electron chi connectivity index (χ1n) is 5.09. The second kappa shape index (κ2) is 4.92. The molecule has 2 rings (SSSR count). The highest BCUT2D eigenvalue weighted by atomic mass is 19.1. The zero-order valence-electron chi connectivity index (χ0n) is 9.31. The fraction of sp³-hybridized carbons (Fsp3) is 0.273. The lowest BCUT2D eigenvalue weighted by atomic mass is 10.2. The van der Waals surface area contributed by atoms with Crippen LogP contribution in [0.5, 0.6) is 5.75 Å². The lowest BCUT2D eigenvalue weighted by Gasteiger charge is -2.05. The van der Waals surface area contributed by atoms with Gasteiger partial charge in [-0.25, -0.2) is 4.39 Å². The van der Waals surface area contributed by atoms with E-state index in [1.54, 1.807) is 12.1 Å². The number of benzene rings is 1. The van der Waals surface area contributed by atoms with Crippen molar-refractivity contribution in [2.45, 2.75) is 20.1 Å². The fourth-order valence-electron chi connectivity index (χ4n) is 1.30. The molecule has 0 saturated heterocycles. The number of nitrogens with two attached hydrogens (primary N) is 1. The van der Waals surface area contributed by atoms with Gasteiger partial charge < -0.3 is 15.0 Å². The molecule has 90 valence electrons. The number of nitrogens with zero attached hydrogens (tertiary/aromatic N) is 2. The van der Waals surface area contributed by atoms with Crippen molar-refractivity contribution in [1.82, 2.24) is 10.1 Å². The molecule has 0 bridgehead atoms. The summed E-state index contributed by atoms with van der Waals surface area (Å²) in [6.07, 6.45) is 0. The molecule has 0 unspecified atom stereocenters. The summed E-state index contributed by atoms with van der Waals surface area (Å²) in [5.74, 6) is 0.418. The minimum Gasteiger partial charge on any atom is -0.482 e. The molecule has 0 atom stereocenters. The van der Waals surface area contributed by atoms with Gasteiger partial charge in [0.15, 0.2) is 18.2 Å². The van der Waals surface area contributed by atoms with Crippen LogP contribution < -0.4 is 10.5 Å². The number of halogens is 1. The van der Waals surface area contributed by atoms with Crippen molar-refractivity contribution in [1.29, 1.82) is 0 Å². The number of ether oxygens (including phenoxy) is 1. The standard InChI is InChI=1S/C11H12FN3O2/c1-7-2-3-8(12)9(4-7)16-6-10-14-11(5-13)17-15-10/h2-4H,5-6,13H2,1H3. The number of aryl methyl sites for hydroxylation is 1. The predicted molar refractivity (Wildman–Crippen MR) is 57.7 cm³/mol. The maximum atomic E-state index is 13.3. The molecule has 0 saturated carbocycles. The molecule has 0 fully saturated rings. The summed E-state index contributed by atoms with van der Waals surface area (Å²) in [5, 5.41) is 3.64. The third-order valence-corrected chi connectivity index (χ3v) is 2.13. The van der Waals surface area contributed by atoms with E-state index in [0.717, 1.165) is 5.56 Å². The molecular weight excluding hydrogens is 225 g/mol. The largest absolute Gasteiger partial charge is 0.482 e. The van der Waals surface area contributed by atoms with Crippen LogP contribution in [-0.2, 0) is 13.2 Å². The average Bonchev–Trinajstić information content (AvgIpc) is 2.78. The number of rotatable bonds is 4. The number of aromatic nitrogens is 2. The average molecular weight is 237 g/mol. The van der Waals surface area contributed by atoms with E-state index in [1.807, 2.05) is 6.92 Å². The summed E-state index contributed by atoms with van der Waals surface area (Å²) in [6, 6.07) is 4.63. The molecule has 2 aromatic rings. The normalized spacial score (nSPS) is 10.5. The summed E-state index contributed by atoms with van der Waals surface area (Å²) in [6.45, 7) is 2.07. The van der Waals surface area contributed by atoms with E-state index in [2.05, 4.69) is 10.1 Å². The van der Waals surface area contributed by atoms with Gasteiger partial charge in [0, 0.05) is 0 Å². The smallest absolute Gasteiger partial charge is 0.240 e. The van der Waals surface area contributed by atoms with E-state index >= 15 is 0 Å². The Balaban J connectivity index is 2.04. The Bertz CT molecular complexity index is 513. The summed E-state index contributed by atoms with van der Waals surface area (Å²) < 4.78 is 23.4. The minimum absolute atomic E-state index is 0.0455. The molecule has 0 aliphatic carbocycles. The lowest BCUT2D eigenvalue weighted by molar-refractivity contribution is 0.272. The van der Waals surface area contributed by atoms with Crippen molar-refractivity contribution in [3.05, 3.63) is 41.3 Å². The Kier molecular flexibility index (Phi) is 3.34. The number of hydrogen-bond donors (Lipinski definition) is 1. The molecule has 0 amide bonds. The van der Waals surface area contributed by atoms with Crippen LogP contribution in [0.25, 0.3) is 0 Å². The summed E-state index contributed by atoms with van der Waals surface area (Å²) >= 11 is 0. The second-order valence-corrected chi connectivity index (χ2v) is 3.53. The van der Waals surface area contributed by atoms with Crippen molar-refractivity contribution < 1.29 is 13.7 Å². The zero-order chi connectivity index (χ0) is 12.3. The molecule has 2 N–H and O–H groups in total. The molecule has 1 aromatic carbocycles. The van der Waals surface area contributed by atoms with Crippen molar-refractivity contribution in [2.24, 2.45) is 5.73 Å². The zero-order valence-corrected chi connectivity index (χ0v) is 9.31. The Morgan fingerprint density at radius 2 is 2.29 bits per heavy atom. The van der Waals surface area contributed by atoms with E-state index in [-0.39, 0.29) is 18.9 Å². The lowest BCUT2D eigenvalue weighted by Crippen LogP contribution is -2.01. The van der Waals surface area contributed by atoms with Crippen LogP contribution in [0.2, 0.25) is 0 Å². The van der Waals surface area contributed by atoms with Gasteiger partial charge in [0.2, 0.25) is 11.7 Å². The molecule has 17 heavy (non-hydrogen) atoms. The predicted octanol–water partition coefficient (Wildman–Crippen LogP) is 1.55. The van der Waals surface area contributed by atoms with Gasteiger partial charge >= 0.3 is 0 Å². The van der Waals surface area contributed by atoms with Crippen molar-refractivity contribution in [3.63, 3.8) is 0 Å². The Labute approximate surface area is 97.4 Å². The third kappa shape index (κ3) is 2.79. The van der Waals surface area contributed by atoms with Gasteiger partial charge in [0.05, 0.1) is 6.54 Å². The van der Waals surface area contributed by atoms with Crippen LogP contribution in [0.1, 0.15) is 17.3 Å². The van der Waals surface area contributed by atoms with E-state index < -0.39 is 5.82 Å². The highest BCUT2D eigenvalue weighted by Crippen LogP contribution is 2.19. The highest BCUT2D eigenvalue weighted by molar-refractivity contribution is 5.29. The molecule has 0 radical (unpaired) electrons. The van der Waals surface area contributed by atoms with Gasteiger partial charge in [-0.15, -0.1) is 0 Å². The first-order valence-corrected chi connectivity index (χ1v) is 5.09. The van der Waals surface area contributed by atoms with E-state index in [1.165, 1.54) is 6.07 Å². The Hall–Kier alpha value is -1.95. The van der Waals surface area contributed by atoms with Crippen LogP contribution in [-0.4, -0.2) is 10.1 Å². The Morgan fingerprint density at radius 1 is 1.47 bits per heavy atom. The SMILES string of the molecule is Cc1ccc(F)c(OCc2noc(CN)n2)c1. The molecule has 1 aromatic heterocycles. The van der Waals surface area contributed by atoms with E-state index in [4.69, 9.17) is 15.0 Å². The van der Waals surface area contributed by atoms with Crippen LogP contribution in [0, 0.1) is 12.7 Å². The summed E-state index contributed by atoms with van der Waals surface area (Å²) in [7, 11) is 0. The molecule has 0 aliphatic heterocycles. The van der Waals surface area contributed by atoms with Gasteiger partial charge in [-0.1, -0.05) is 11.2 Å². The molecule has 5 nitrogen and oxygen atoms in total. The monoisotopic (exact) mass is 237 g/mol. The summed E-state index contributed by atoms with van der Waals surface area (Å²) in [5.41, 5.74) is 6.23. The molecule has 0 spiro atoms. The van der Waals surface area contributed by atoms with E-state index in [9.17, 15) is 4.39 Å². The van der Waals surface area contributed by atoms with Gasteiger partial charge in [-0.05, 0) is 24.6 Å². The maximum Gasteiger partial charge on any atom is 0.240 e. The van der Waals surface area contributed by atoms with Crippen LogP contribution in [0.3, 0.4) is 0 Å².